The molecule has 164 valence electrons. The van der Waals surface area contributed by atoms with Gasteiger partial charge in [0.1, 0.15) is 5.58 Å². The lowest BCUT2D eigenvalue weighted by Crippen LogP contribution is -2.33. The molecule has 2 N–H and O–H groups in total. The molecule has 0 atom stereocenters. The van der Waals surface area contributed by atoms with Gasteiger partial charge in [-0.05, 0) is 61.1 Å². The van der Waals surface area contributed by atoms with Crippen LogP contribution in [0.1, 0.15) is 36.1 Å². The number of carbonyl (C=O) groups excluding carboxylic acids is 1. The third kappa shape index (κ3) is 3.65. The Labute approximate surface area is 193 Å². The van der Waals surface area contributed by atoms with Gasteiger partial charge in [0.25, 0.3) is 0 Å². The number of hydrogen-bond acceptors (Lipinski definition) is 2. The van der Waals surface area contributed by atoms with Crippen LogP contribution >= 0.6 is 11.6 Å². The quantitative estimate of drug-likeness (QED) is 0.341. The van der Waals surface area contributed by atoms with Crippen molar-refractivity contribution < 1.29 is 9.21 Å². The summed E-state index contributed by atoms with van der Waals surface area (Å²) in [6.45, 7) is 8.19. The van der Waals surface area contributed by atoms with Crippen molar-refractivity contribution in [1.82, 2.24) is 0 Å². The van der Waals surface area contributed by atoms with E-state index in [-0.39, 0.29) is 0 Å². The Morgan fingerprint density at radius 3 is 2.25 bits per heavy atom. The van der Waals surface area contributed by atoms with Gasteiger partial charge in [0.2, 0.25) is 5.88 Å². The van der Waals surface area contributed by atoms with E-state index in [2.05, 4.69) is 26.0 Å². The van der Waals surface area contributed by atoms with Crippen LogP contribution in [0.3, 0.4) is 0 Å². The number of fused-ring (bicyclic) bond motifs is 1. The molecule has 5 heteroatoms. The summed E-state index contributed by atoms with van der Waals surface area (Å²) in [5.74, 6) is 0.393. The van der Waals surface area contributed by atoms with Gasteiger partial charge in [0.15, 0.2) is 0 Å². The van der Waals surface area contributed by atoms with Crippen LogP contribution in [0.4, 0.5) is 16.4 Å². The summed E-state index contributed by atoms with van der Waals surface area (Å²) in [5, 5.41) is 1.49. The molecule has 3 aromatic carbocycles. The topological polar surface area (TPSA) is 59.5 Å². The van der Waals surface area contributed by atoms with E-state index in [0.29, 0.717) is 10.9 Å². The van der Waals surface area contributed by atoms with E-state index in [0.717, 1.165) is 62.9 Å². The van der Waals surface area contributed by atoms with Gasteiger partial charge in [-0.25, -0.2) is 9.69 Å². The normalized spacial score (nSPS) is 11.2. The average Bonchev–Trinajstić information content (AvgIpc) is 3.13. The summed E-state index contributed by atoms with van der Waals surface area (Å²) in [5.41, 5.74) is 13.2. The number of benzene rings is 3. The number of para-hydroxylation sites is 1. The number of hydrogen-bond donors (Lipinski definition) is 1. The largest absolute Gasteiger partial charge is 0.439 e. The summed E-state index contributed by atoms with van der Waals surface area (Å²) >= 11 is 6.64. The molecule has 0 saturated carbocycles. The number of halogens is 1. The van der Waals surface area contributed by atoms with Crippen molar-refractivity contribution in [2.24, 2.45) is 5.73 Å². The second-order valence-electron chi connectivity index (χ2n) is 8.03. The molecule has 32 heavy (non-hydrogen) atoms. The monoisotopic (exact) mass is 446 g/mol. The number of aryl methyl sites for hydroxylation is 4. The molecule has 4 nitrogen and oxygen atoms in total. The molecule has 4 rings (SSSR count). The lowest BCUT2D eigenvalue weighted by Gasteiger charge is -2.25. The first kappa shape index (κ1) is 22.0. The summed E-state index contributed by atoms with van der Waals surface area (Å²) in [6.07, 6.45) is 1.51. The Balaban J connectivity index is 2.15. The Bertz CT molecular complexity index is 1300. The van der Waals surface area contributed by atoms with Crippen molar-refractivity contribution in [3.63, 3.8) is 0 Å². The molecule has 4 aromatic rings. The first-order valence-corrected chi connectivity index (χ1v) is 11.2. The molecule has 0 spiro atoms. The van der Waals surface area contributed by atoms with Gasteiger partial charge in [-0.1, -0.05) is 67.9 Å². The smallest absolute Gasteiger partial charge is 0.326 e. The van der Waals surface area contributed by atoms with Crippen LogP contribution in [0.15, 0.2) is 59.0 Å². The highest BCUT2D eigenvalue weighted by Crippen LogP contribution is 2.47. The van der Waals surface area contributed by atoms with Crippen molar-refractivity contribution in [3.05, 3.63) is 81.9 Å². The predicted octanol–water partition coefficient (Wildman–Crippen LogP) is 7.71. The molecule has 0 aliphatic rings. The molecule has 2 amide bonds. The number of anilines is 2. The minimum absolute atomic E-state index is 0.393. The molecule has 1 heterocycles. The van der Waals surface area contributed by atoms with Gasteiger partial charge < -0.3 is 10.2 Å². The van der Waals surface area contributed by atoms with Crippen LogP contribution in [-0.2, 0) is 12.8 Å². The SMILES string of the molecule is CCc1cccc(CC)c1N(C(N)=O)c1oc2c(C)cc(C)cc2c1-c1ccccc1Cl. The standard InChI is InChI=1S/C27H27ClN2O2/c1-5-18-10-9-11-19(6-2)24(18)30(27(29)31)26-23(20-12-7-8-13-22(20)28)21-15-16(3)14-17(4)25(21)32-26/h7-15H,5-6H2,1-4H3,(H2,29,31). The second-order valence-corrected chi connectivity index (χ2v) is 8.43. The highest BCUT2D eigenvalue weighted by Gasteiger charge is 2.30. The van der Waals surface area contributed by atoms with Crippen LogP contribution in [-0.4, -0.2) is 6.03 Å². The summed E-state index contributed by atoms with van der Waals surface area (Å²) in [7, 11) is 0. The Kier molecular flexibility index (Phi) is 5.98. The zero-order valence-corrected chi connectivity index (χ0v) is 19.6. The van der Waals surface area contributed by atoms with E-state index >= 15 is 0 Å². The Hall–Kier alpha value is -3.24. The fourth-order valence-corrected chi connectivity index (χ4v) is 4.66. The minimum Gasteiger partial charge on any atom is -0.439 e. The fourth-order valence-electron chi connectivity index (χ4n) is 4.43. The zero-order valence-electron chi connectivity index (χ0n) is 18.8. The number of furan rings is 1. The summed E-state index contributed by atoms with van der Waals surface area (Å²) in [6, 6.07) is 17.2. The number of nitrogens with zero attached hydrogens (tertiary/aromatic N) is 1. The number of rotatable bonds is 5. The van der Waals surface area contributed by atoms with Gasteiger partial charge in [-0.15, -0.1) is 0 Å². The number of primary amides is 1. The number of amides is 2. The van der Waals surface area contributed by atoms with Crippen LogP contribution in [0.5, 0.6) is 0 Å². The number of carbonyl (C=O) groups is 1. The second kappa shape index (κ2) is 8.71. The van der Waals surface area contributed by atoms with E-state index in [1.807, 2.05) is 56.3 Å². The van der Waals surface area contributed by atoms with Gasteiger partial charge in [0.05, 0.1) is 11.3 Å². The Morgan fingerprint density at radius 1 is 1.00 bits per heavy atom. The highest BCUT2D eigenvalue weighted by atomic mass is 35.5. The van der Waals surface area contributed by atoms with E-state index in [4.69, 9.17) is 21.8 Å². The maximum absolute atomic E-state index is 13.0. The average molecular weight is 447 g/mol. The maximum atomic E-state index is 13.0. The van der Waals surface area contributed by atoms with Crippen molar-refractivity contribution in [2.75, 3.05) is 4.90 Å². The molecule has 0 bridgehead atoms. The lowest BCUT2D eigenvalue weighted by atomic mass is 9.98. The van der Waals surface area contributed by atoms with Gasteiger partial charge in [-0.3, -0.25) is 0 Å². The van der Waals surface area contributed by atoms with Gasteiger partial charge in [0, 0.05) is 16.0 Å². The summed E-state index contributed by atoms with van der Waals surface area (Å²) in [4.78, 5) is 14.5. The Morgan fingerprint density at radius 2 is 1.66 bits per heavy atom. The van der Waals surface area contributed by atoms with Crippen LogP contribution in [0, 0.1) is 13.8 Å². The molecule has 0 fully saturated rings. The molecule has 0 radical (unpaired) electrons. The molecule has 0 saturated heterocycles. The third-order valence-electron chi connectivity index (χ3n) is 5.86. The van der Waals surface area contributed by atoms with Gasteiger partial charge >= 0.3 is 6.03 Å². The molecular formula is C27H27ClN2O2. The van der Waals surface area contributed by atoms with Crippen LogP contribution < -0.4 is 10.6 Å². The minimum atomic E-state index is -0.595. The van der Waals surface area contributed by atoms with Crippen molar-refractivity contribution >= 4 is 40.2 Å². The van der Waals surface area contributed by atoms with E-state index < -0.39 is 6.03 Å². The maximum Gasteiger partial charge on any atom is 0.326 e. The van der Waals surface area contributed by atoms with Crippen LogP contribution in [0.2, 0.25) is 5.02 Å². The van der Waals surface area contributed by atoms with Crippen LogP contribution in [0.25, 0.3) is 22.1 Å². The predicted molar refractivity (Wildman–Crippen MR) is 133 cm³/mol. The molecule has 0 aliphatic heterocycles. The number of urea groups is 1. The highest BCUT2D eigenvalue weighted by molar-refractivity contribution is 6.34. The van der Waals surface area contributed by atoms with Gasteiger partial charge in [-0.2, -0.15) is 0 Å². The fraction of sp³-hybridized carbons (Fsp3) is 0.222. The van der Waals surface area contributed by atoms with Crippen molar-refractivity contribution in [3.8, 4) is 11.1 Å². The third-order valence-corrected chi connectivity index (χ3v) is 6.19. The summed E-state index contributed by atoms with van der Waals surface area (Å²) < 4.78 is 6.44. The van der Waals surface area contributed by atoms with Crippen molar-refractivity contribution in [2.45, 2.75) is 40.5 Å². The molecule has 1 aromatic heterocycles. The van der Waals surface area contributed by atoms with E-state index in [1.165, 1.54) is 4.90 Å². The first-order valence-electron chi connectivity index (χ1n) is 10.9. The first-order chi connectivity index (χ1) is 15.4. The molecule has 0 aliphatic carbocycles. The van der Waals surface area contributed by atoms with E-state index in [9.17, 15) is 4.79 Å². The molecular weight excluding hydrogens is 420 g/mol. The molecule has 0 unspecified atom stereocenters. The lowest BCUT2D eigenvalue weighted by molar-refractivity contribution is 0.255. The zero-order chi connectivity index (χ0) is 23.0. The number of nitrogens with two attached hydrogens (primary N) is 1. The van der Waals surface area contributed by atoms with Crippen molar-refractivity contribution in [1.29, 1.82) is 0 Å². The van der Waals surface area contributed by atoms with E-state index in [1.54, 1.807) is 0 Å².